The topological polar surface area (TPSA) is 244 Å². The van der Waals surface area contributed by atoms with Crippen LogP contribution in [0.1, 0.15) is 119 Å². The first-order valence-corrected chi connectivity index (χ1v) is 24.2. The number of aliphatic hydroxyl groups excluding tert-OH is 3. The predicted molar refractivity (Wildman–Crippen MR) is 249 cm³/mol. The van der Waals surface area contributed by atoms with Gasteiger partial charge in [-0.3, -0.25) is 14.5 Å². The largest absolute Gasteiger partial charge is 0.459 e. The van der Waals surface area contributed by atoms with Gasteiger partial charge >= 0.3 is 5.97 Å². The number of hydrogen-bond acceptors (Lipinski definition) is 16. The van der Waals surface area contributed by atoms with Crippen molar-refractivity contribution in [2.24, 2.45) is 23.7 Å². The molecule has 19 atom stereocenters. The van der Waals surface area contributed by atoms with Gasteiger partial charge in [0, 0.05) is 49.6 Å². The lowest BCUT2D eigenvalue weighted by Crippen LogP contribution is -2.62. The summed E-state index contributed by atoms with van der Waals surface area (Å²) in [7, 11) is 3.43. The number of fused-ring (bicyclic) bond motifs is 1. The Kier molecular flexibility index (Phi) is 18.5. The highest BCUT2D eigenvalue weighted by molar-refractivity contribution is 5.97. The van der Waals surface area contributed by atoms with E-state index in [0.717, 1.165) is 5.52 Å². The average Bonchev–Trinajstić information content (AvgIpc) is 3.75. The van der Waals surface area contributed by atoms with Crippen LogP contribution in [-0.4, -0.2) is 176 Å². The van der Waals surface area contributed by atoms with Gasteiger partial charge in [-0.05, 0) is 106 Å². The molecule has 0 radical (unpaired) electrons. The molecule has 67 heavy (non-hydrogen) atoms. The Labute approximate surface area is 396 Å². The van der Waals surface area contributed by atoms with E-state index in [9.17, 15) is 35.1 Å². The van der Waals surface area contributed by atoms with E-state index in [1.165, 1.54) is 14.0 Å². The lowest BCUT2D eigenvalue weighted by atomic mass is 9.73. The Morgan fingerprint density at radius 3 is 2.31 bits per heavy atom. The molecule has 18 nitrogen and oxygen atoms in total. The van der Waals surface area contributed by atoms with Crippen LogP contribution in [0.15, 0.2) is 24.5 Å². The van der Waals surface area contributed by atoms with Crippen LogP contribution in [0.5, 0.6) is 0 Å². The third-order valence-electron chi connectivity index (χ3n) is 15.1. The normalized spacial score (nSPS) is 41.8. The number of rotatable bonds is 13. The number of imidazole rings is 1. The number of ether oxygens (including phenoxy) is 7. The van der Waals surface area contributed by atoms with Gasteiger partial charge in [0.15, 0.2) is 12.6 Å². The molecule has 0 aliphatic carbocycles. The van der Waals surface area contributed by atoms with Gasteiger partial charge in [-0.25, -0.2) is 4.98 Å². The van der Waals surface area contributed by atoms with E-state index >= 15 is 0 Å². The number of methoxy groups -OCH3 is 1. The molecule has 3 saturated heterocycles. The van der Waals surface area contributed by atoms with Crippen molar-refractivity contribution in [1.82, 2.24) is 20.2 Å². The second-order valence-corrected chi connectivity index (χ2v) is 20.7. The molecule has 7 N–H and O–H groups in total. The van der Waals surface area contributed by atoms with Gasteiger partial charge in [-0.1, -0.05) is 27.7 Å². The van der Waals surface area contributed by atoms with E-state index in [4.69, 9.17) is 33.2 Å². The first-order chi connectivity index (χ1) is 31.3. The number of H-pyrrole nitrogens is 1. The van der Waals surface area contributed by atoms with Crippen molar-refractivity contribution < 1.29 is 68.3 Å². The second kappa shape index (κ2) is 22.5. The summed E-state index contributed by atoms with van der Waals surface area (Å²) in [6, 6.07) is 4.87. The van der Waals surface area contributed by atoms with Gasteiger partial charge in [-0.15, -0.1) is 0 Å². The predicted octanol–water partition coefficient (Wildman–Crippen LogP) is 3.69. The number of nitrogens with zero attached hydrogens (tertiary/aromatic N) is 2. The third-order valence-corrected chi connectivity index (χ3v) is 15.1. The summed E-state index contributed by atoms with van der Waals surface area (Å²) in [5.74, 6) is -4.39. The number of esters is 1. The van der Waals surface area contributed by atoms with Crippen LogP contribution in [0, 0.1) is 23.7 Å². The summed E-state index contributed by atoms with van der Waals surface area (Å²) >= 11 is 0. The van der Waals surface area contributed by atoms with E-state index in [1.54, 1.807) is 73.0 Å². The molecule has 3 aliphatic rings. The van der Waals surface area contributed by atoms with E-state index in [1.807, 2.05) is 34.7 Å². The number of aromatic amines is 1. The van der Waals surface area contributed by atoms with Crippen molar-refractivity contribution in [2.75, 3.05) is 27.3 Å². The number of amides is 1. The summed E-state index contributed by atoms with van der Waals surface area (Å²) in [6.45, 7) is 21.3. The minimum Gasteiger partial charge on any atom is -0.459 e. The number of aromatic nitrogens is 2. The average molecular weight is 951 g/mol. The standard InChI is InChI=1S/C49H82N4O14/c1-15-36-49(12,60)41(55)28(6)39(62-19-18-50-44(57)32-16-17-33-34(21-32)52-24-51-33)26(4)22-47(10,59)43(67-46-38(54)35(20-27(5)63-46)53(13)25(2)3)29(7)40(30(8)45(58)65-36)66-37-23-48(11,61-14)42(56)31(9)64-37/h16-17,21,24-31,35-43,46,54-56,59-60H,15,18-20,22-23H2,1-14H3,(H,50,57)(H,51,52)/t26-,27-,28+,29+,30-,31+,35+,36-,37+,38-,39+,40+,41-,42+,43-,46+,47-,48-,49-/m1/s1. The van der Waals surface area contributed by atoms with Crippen LogP contribution in [0.4, 0.5) is 0 Å². The van der Waals surface area contributed by atoms with Crippen molar-refractivity contribution in [3.8, 4) is 0 Å². The lowest BCUT2D eigenvalue weighted by molar-refractivity contribution is -0.319. The van der Waals surface area contributed by atoms with E-state index in [0.29, 0.717) is 17.5 Å². The number of carbonyl (C=O) groups is 2. The maximum atomic E-state index is 14.5. The number of hydrogen-bond donors (Lipinski definition) is 7. The summed E-state index contributed by atoms with van der Waals surface area (Å²) in [5.41, 5.74) is -2.97. The van der Waals surface area contributed by atoms with Gasteiger partial charge in [0.25, 0.3) is 5.91 Å². The molecule has 0 unspecified atom stereocenters. The lowest BCUT2D eigenvalue weighted by Gasteiger charge is -2.50. The SMILES string of the molecule is CC[C@H]1OC(=O)[C@H](C)[C@@H](O[C@H]2C[C@@](C)(OC)[C@@H](O)[C@H](C)O2)[C@H](C)[C@@H](O[C@@H]2O[C@H](C)C[C@H](N(C)C(C)C)[C@H]2O)[C@](C)(O)C[C@@H](C)[C@H](OCCNC(=O)c2ccc3nc[nH]c3c2)[C@H](C)[C@@H](O)[C@]1(C)O. The van der Waals surface area contributed by atoms with Crippen LogP contribution in [0.25, 0.3) is 11.0 Å². The molecule has 4 heterocycles. The zero-order chi connectivity index (χ0) is 49.9. The first-order valence-electron chi connectivity index (χ1n) is 24.2. The van der Waals surface area contributed by atoms with Crippen LogP contribution < -0.4 is 5.32 Å². The Balaban J connectivity index is 1.54. The molecule has 382 valence electrons. The molecule has 0 saturated carbocycles. The number of cyclic esters (lactones) is 1. The zero-order valence-electron chi connectivity index (χ0n) is 42.2. The monoisotopic (exact) mass is 951 g/mol. The van der Waals surface area contributed by atoms with Crippen molar-refractivity contribution in [2.45, 2.75) is 205 Å². The fraction of sp³-hybridized carbons (Fsp3) is 0.816. The molecule has 2 aromatic rings. The van der Waals surface area contributed by atoms with Crippen LogP contribution in [0.2, 0.25) is 0 Å². The maximum Gasteiger partial charge on any atom is 0.311 e. The van der Waals surface area contributed by atoms with Crippen LogP contribution in [-0.2, 0) is 38.0 Å². The molecule has 1 aromatic carbocycles. The van der Waals surface area contributed by atoms with Gasteiger partial charge in [0.2, 0.25) is 0 Å². The molecule has 5 rings (SSSR count). The second-order valence-electron chi connectivity index (χ2n) is 20.7. The number of nitrogens with one attached hydrogen (secondary N) is 2. The maximum absolute atomic E-state index is 14.5. The van der Waals surface area contributed by atoms with Crippen molar-refractivity contribution in [3.63, 3.8) is 0 Å². The highest BCUT2D eigenvalue weighted by Gasteiger charge is 2.54. The Hall–Kier alpha value is -2.85. The molecule has 1 aromatic heterocycles. The van der Waals surface area contributed by atoms with Gasteiger partial charge in [0.1, 0.15) is 23.9 Å². The van der Waals surface area contributed by atoms with Gasteiger partial charge < -0.3 is 69.0 Å². The molecule has 3 fully saturated rings. The van der Waals surface area contributed by atoms with Crippen molar-refractivity contribution >= 4 is 22.9 Å². The van der Waals surface area contributed by atoms with E-state index in [-0.39, 0.29) is 56.5 Å². The molecule has 3 aliphatic heterocycles. The van der Waals surface area contributed by atoms with Crippen molar-refractivity contribution in [3.05, 3.63) is 30.1 Å². The highest BCUT2D eigenvalue weighted by atomic mass is 16.7. The van der Waals surface area contributed by atoms with Crippen molar-refractivity contribution in [1.29, 1.82) is 0 Å². The summed E-state index contributed by atoms with van der Waals surface area (Å²) in [4.78, 5) is 37.0. The highest BCUT2D eigenvalue weighted by Crippen LogP contribution is 2.42. The number of carbonyl (C=O) groups excluding carboxylic acids is 2. The summed E-state index contributed by atoms with van der Waals surface area (Å²) in [5, 5.41) is 63.2. The smallest absolute Gasteiger partial charge is 0.311 e. The number of likely N-dealkylation sites (N-methyl/N-ethyl adjacent to an activating group) is 1. The van der Waals surface area contributed by atoms with Crippen LogP contribution in [0.3, 0.4) is 0 Å². The third kappa shape index (κ3) is 12.4. The summed E-state index contributed by atoms with van der Waals surface area (Å²) < 4.78 is 44.7. The quantitative estimate of drug-likeness (QED) is 0.112. The molecule has 1 amide bonds. The Bertz CT molecular complexity index is 1920. The minimum atomic E-state index is -1.98. The number of aliphatic hydroxyl groups is 5. The van der Waals surface area contributed by atoms with E-state index < -0.39 is 108 Å². The Morgan fingerprint density at radius 2 is 1.67 bits per heavy atom. The molecule has 18 heteroatoms. The minimum absolute atomic E-state index is 0.00397. The Morgan fingerprint density at radius 1 is 0.985 bits per heavy atom. The first kappa shape index (κ1) is 55.1. The zero-order valence-corrected chi connectivity index (χ0v) is 42.2. The fourth-order valence-corrected chi connectivity index (χ4v) is 10.7. The van der Waals surface area contributed by atoms with Gasteiger partial charge in [-0.2, -0.15) is 0 Å². The summed E-state index contributed by atoms with van der Waals surface area (Å²) in [6.07, 6.45) is -8.96. The molecular weight excluding hydrogens is 869 g/mol. The fourth-order valence-electron chi connectivity index (χ4n) is 10.7. The molecular formula is C49H82N4O14. The van der Waals surface area contributed by atoms with Gasteiger partial charge in [0.05, 0.1) is 77.7 Å². The molecule has 0 spiro atoms. The molecule has 0 bridgehead atoms. The number of benzene rings is 1. The van der Waals surface area contributed by atoms with Crippen LogP contribution >= 0.6 is 0 Å². The van der Waals surface area contributed by atoms with E-state index in [2.05, 4.69) is 20.2 Å².